The van der Waals surface area contributed by atoms with Crippen molar-refractivity contribution in [1.82, 2.24) is 0 Å². The molecule has 0 spiro atoms. The molecule has 0 aliphatic heterocycles. The highest BCUT2D eigenvalue weighted by Gasteiger charge is 2.76. The van der Waals surface area contributed by atoms with Crippen molar-refractivity contribution >= 4 is 49.1 Å². The van der Waals surface area contributed by atoms with E-state index in [0.29, 0.717) is 25.7 Å². The van der Waals surface area contributed by atoms with Gasteiger partial charge in [0.1, 0.15) is 6.26 Å². The van der Waals surface area contributed by atoms with Crippen LogP contribution < -0.4 is 0 Å². The summed E-state index contributed by atoms with van der Waals surface area (Å²) in [5.74, 6) is -1.56. The van der Waals surface area contributed by atoms with Crippen molar-refractivity contribution in [3.8, 4) is 0 Å². The Balaban J connectivity index is 1.71. The molecule has 1 aromatic heterocycles. The zero-order valence-corrected chi connectivity index (χ0v) is 28.5. The highest BCUT2D eigenvalue weighted by atomic mass is 35.5. The number of ketones is 2. The zero-order valence-electron chi connectivity index (χ0n) is 26.0. The van der Waals surface area contributed by atoms with Gasteiger partial charge in [0.05, 0.1) is 28.7 Å². The van der Waals surface area contributed by atoms with Crippen molar-refractivity contribution in [3.63, 3.8) is 0 Å². The SMILES string of the molecule is C[C@@H]1C[C@H]2[C@@H]3CC=C4CC(=O)C=C[C@]4(C)[C@@]3(Cl)[C@@H](O[Si](C)(C)C(C)(C)C)C[C@]2(C)[C@@]1(OC(=O)c1ccoc1)C(=O)CCl. The number of ether oxygens (including phenoxy) is 1. The van der Waals surface area contributed by atoms with Crippen molar-refractivity contribution < 1.29 is 28.0 Å². The maximum absolute atomic E-state index is 14.1. The summed E-state index contributed by atoms with van der Waals surface area (Å²) in [5.41, 5.74) is -1.59. The van der Waals surface area contributed by atoms with Gasteiger partial charge in [-0.1, -0.05) is 59.3 Å². The normalized spacial score (nSPS) is 39.7. The summed E-state index contributed by atoms with van der Waals surface area (Å²) < 4.78 is 18.9. The van der Waals surface area contributed by atoms with Crippen LogP contribution in [0.3, 0.4) is 0 Å². The molecule has 1 heterocycles. The fourth-order valence-corrected chi connectivity index (χ4v) is 10.8. The molecule has 1 aromatic rings. The van der Waals surface area contributed by atoms with Gasteiger partial charge in [-0.15, -0.1) is 23.2 Å². The number of hydrogen-bond acceptors (Lipinski definition) is 6. The first-order chi connectivity index (χ1) is 19.4. The predicted molar refractivity (Wildman–Crippen MR) is 166 cm³/mol. The van der Waals surface area contributed by atoms with E-state index in [-0.39, 0.29) is 45.8 Å². The number of halogens is 2. The lowest BCUT2D eigenvalue weighted by Gasteiger charge is -2.65. The maximum Gasteiger partial charge on any atom is 0.342 e. The Labute approximate surface area is 260 Å². The first-order valence-electron chi connectivity index (χ1n) is 15.0. The molecule has 0 saturated heterocycles. The van der Waals surface area contributed by atoms with Crippen LogP contribution in [0.1, 0.15) is 77.6 Å². The molecule has 0 bridgehead atoms. The van der Waals surface area contributed by atoms with Gasteiger partial charge in [0.25, 0.3) is 0 Å². The fraction of sp³-hybridized carbons (Fsp3) is 0.667. The van der Waals surface area contributed by atoms with Crippen molar-refractivity contribution in [3.05, 3.63) is 48.0 Å². The second-order valence-corrected chi connectivity index (χ2v) is 20.6. The lowest BCUT2D eigenvalue weighted by Crippen LogP contribution is -2.71. The number of furan rings is 1. The highest BCUT2D eigenvalue weighted by molar-refractivity contribution is 6.74. The maximum atomic E-state index is 14.1. The van der Waals surface area contributed by atoms with Crippen LogP contribution in [0.4, 0.5) is 0 Å². The molecule has 2 fully saturated rings. The number of fused-ring (bicyclic) bond motifs is 5. The number of hydrogen-bond donors (Lipinski definition) is 0. The summed E-state index contributed by atoms with van der Waals surface area (Å²) >= 11 is 14.4. The average molecular weight is 636 g/mol. The average Bonchev–Trinajstić information content (AvgIpc) is 3.51. The van der Waals surface area contributed by atoms with Crippen LogP contribution in [-0.2, 0) is 18.8 Å². The second-order valence-electron chi connectivity index (χ2n) is 14.9. The summed E-state index contributed by atoms with van der Waals surface area (Å²) in [7, 11) is -2.40. The molecule has 230 valence electrons. The first-order valence-corrected chi connectivity index (χ1v) is 18.8. The molecular weight excluding hydrogens is 591 g/mol. The van der Waals surface area contributed by atoms with Crippen LogP contribution in [0.25, 0.3) is 0 Å². The first kappa shape index (κ1) is 31.7. The van der Waals surface area contributed by atoms with E-state index in [1.807, 2.05) is 13.0 Å². The molecule has 9 heteroatoms. The number of allylic oxidation sites excluding steroid dienone is 4. The minimum Gasteiger partial charge on any atom is -0.472 e. The van der Waals surface area contributed by atoms with Crippen LogP contribution in [-0.4, -0.2) is 48.3 Å². The van der Waals surface area contributed by atoms with E-state index < -0.39 is 41.7 Å². The standard InChI is InChI=1S/C33H44Cl2O6Si/c1-20-15-25-24-10-9-22-16-23(36)11-13-30(22,5)32(24,35)27(41-42(7,8)29(2,3)4)17-31(25,6)33(20,26(37)18-34)40-28(38)21-12-14-39-19-21/h9,11-14,19-20,24-25,27H,10,15-18H2,1-8H3/t20-,24+,25+,27+,30+,31+,32+,33+/m1/s1. The van der Waals surface area contributed by atoms with Crippen LogP contribution in [0.5, 0.6) is 0 Å². The fourth-order valence-electron chi connectivity index (χ4n) is 8.61. The molecule has 4 aliphatic rings. The van der Waals surface area contributed by atoms with Gasteiger partial charge in [0.2, 0.25) is 0 Å². The molecule has 42 heavy (non-hydrogen) atoms. The van der Waals surface area contributed by atoms with Crippen molar-refractivity contribution in [1.29, 1.82) is 0 Å². The summed E-state index contributed by atoms with van der Waals surface area (Å²) in [5, 5.41) is -0.0973. The number of Topliss-reactive ketones (excluding diaryl/α,β-unsaturated/α-hetero) is 1. The van der Waals surface area contributed by atoms with E-state index in [9.17, 15) is 14.4 Å². The van der Waals surface area contributed by atoms with Crippen molar-refractivity contribution in [2.24, 2.45) is 28.6 Å². The topological polar surface area (TPSA) is 82.8 Å². The van der Waals surface area contributed by atoms with Gasteiger partial charge in [0, 0.05) is 23.2 Å². The monoisotopic (exact) mass is 634 g/mol. The van der Waals surface area contributed by atoms with E-state index in [0.717, 1.165) is 5.57 Å². The Morgan fingerprint density at radius 1 is 1.19 bits per heavy atom. The Morgan fingerprint density at radius 2 is 1.88 bits per heavy atom. The minimum atomic E-state index is -2.40. The third-order valence-electron chi connectivity index (χ3n) is 11.9. The third kappa shape index (κ3) is 4.23. The molecule has 0 aromatic carbocycles. The lowest BCUT2D eigenvalue weighted by atomic mass is 9.46. The predicted octanol–water partition coefficient (Wildman–Crippen LogP) is 7.90. The molecule has 2 saturated carbocycles. The third-order valence-corrected chi connectivity index (χ3v) is 17.6. The molecule has 0 radical (unpaired) electrons. The minimum absolute atomic E-state index is 0.0609. The second kappa shape index (κ2) is 10.2. The van der Waals surface area contributed by atoms with Gasteiger partial charge in [-0.3, -0.25) is 9.59 Å². The molecule has 0 N–H and O–H groups in total. The number of rotatable bonds is 6. The van der Waals surface area contributed by atoms with E-state index in [1.54, 1.807) is 12.1 Å². The van der Waals surface area contributed by atoms with Gasteiger partial charge < -0.3 is 13.6 Å². The van der Waals surface area contributed by atoms with E-state index in [4.69, 9.17) is 36.8 Å². The summed E-state index contributed by atoms with van der Waals surface area (Å²) in [6.07, 6.45) is 10.2. The molecule has 5 rings (SSSR count). The van der Waals surface area contributed by atoms with Crippen LogP contribution in [0.15, 0.2) is 46.8 Å². The molecule has 0 unspecified atom stereocenters. The van der Waals surface area contributed by atoms with Crippen LogP contribution >= 0.6 is 23.2 Å². The smallest absolute Gasteiger partial charge is 0.342 e. The van der Waals surface area contributed by atoms with Crippen LogP contribution in [0.2, 0.25) is 18.1 Å². The Kier molecular flexibility index (Phi) is 7.69. The van der Waals surface area contributed by atoms with Gasteiger partial charge in [-0.25, -0.2) is 4.79 Å². The molecule has 6 nitrogen and oxygen atoms in total. The Morgan fingerprint density at radius 3 is 2.48 bits per heavy atom. The van der Waals surface area contributed by atoms with Gasteiger partial charge in [0.15, 0.2) is 25.5 Å². The van der Waals surface area contributed by atoms with E-state index >= 15 is 0 Å². The van der Waals surface area contributed by atoms with Crippen molar-refractivity contribution in [2.75, 3.05) is 5.88 Å². The largest absolute Gasteiger partial charge is 0.472 e. The molecule has 0 amide bonds. The summed E-state index contributed by atoms with van der Waals surface area (Å²) in [4.78, 5) is 39.3. The van der Waals surface area contributed by atoms with Gasteiger partial charge in [-0.2, -0.15) is 0 Å². The lowest BCUT2D eigenvalue weighted by molar-refractivity contribution is -0.174. The van der Waals surface area contributed by atoms with E-state index in [1.165, 1.54) is 12.5 Å². The molecular formula is C33H44Cl2O6Si. The molecule has 4 aliphatic carbocycles. The number of esters is 1. The Hall–Kier alpha value is -1.67. The van der Waals surface area contributed by atoms with Gasteiger partial charge >= 0.3 is 5.97 Å². The highest BCUT2D eigenvalue weighted by Crippen LogP contribution is 2.72. The summed E-state index contributed by atoms with van der Waals surface area (Å²) in [6.45, 7) is 17.2. The number of alkyl halides is 2. The molecule has 8 atom stereocenters. The van der Waals surface area contributed by atoms with Crippen molar-refractivity contribution in [2.45, 2.75) is 102 Å². The quantitative estimate of drug-likeness (QED) is 0.137. The van der Waals surface area contributed by atoms with Crippen LogP contribution in [0, 0.1) is 28.6 Å². The number of carbonyl (C=O) groups is 3. The zero-order chi connectivity index (χ0) is 31.1. The number of carbonyl (C=O) groups excluding carboxylic acids is 3. The summed E-state index contributed by atoms with van der Waals surface area (Å²) in [6, 6.07) is 1.54. The Bertz CT molecular complexity index is 1340. The van der Waals surface area contributed by atoms with Gasteiger partial charge in [-0.05, 0) is 61.4 Å². The van der Waals surface area contributed by atoms with E-state index in [2.05, 4.69) is 53.8 Å².